The lowest BCUT2D eigenvalue weighted by Gasteiger charge is -2.06. The van der Waals surface area contributed by atoms with Crippen LogP contribution in [-0.4, -0.2) is 38.2 Å². The molecular weight excluding hydrogens is 329 g/mol. The largest absolute Gasteiger partial charge is 0.461 e. The Morgan fingerprint density at radius 1 is 1.24 bits per heavy atom. The van der Waals surface area contributed by atoms with Crippen molar-refractivity contribution in [3.05, 3.63) is 47.5 Å². The number of anilines is 1. The van der Waals surface area contributed by atoms with Crippen LogP contribution in [-0.2, 0) is 11.8 Å². The van der Waals surface area contributed by atoms with Crippen molar-refractivity contribution in [1.82, 2.24) is 19.7 Å². The van der Waals surface area contributed by atoms with Gasteiger partial charge in [-0.25, -0.2) is 14.2 Å². The molecule has 0 radical (unpaired) electrons. The highest BCUT2D eigenvalue weighted by atomic mass is 19.1. The summed E-state index contributed by atoms with van der Waals surface area (Å²) in [6.07, 6.45) is 1.59. The highest BCUT2D eigenvalue weighted by Gasteiger charge is 2.19. The molecule has 0 saturated carbocycles. The van der Waals surface area contributed by atoms with Crippen LogP contribution in [0.2, 0.25) is 0 Å². The molecule has 25 heavy (non-hydrogen) atoms. The number of ether oxygens (including phenoxy) is 1. The molecule has 0 aliphatic heterocycles. The summed E-state index contributed by atoms with van der Waals surface area (Å²) in [6, 6.07) is 5.00. The number of amides is 1. The van der Waals surface area contributed by atoms with Crippen molar-refractivity contribution in [2.24, 2.45) is 7.05 Å². The van der Waals surface area contributed by atoms with Gasteiger partial charge in [0.2, 0.25) is 5.95 Å². The Kier molecular flexibility index (Phi) is 4.38. The van der Waals surface area contributed by atoms with Gasteiger partial charge in [-0.3, -0.25) is 14.8 Å². The molecule has 0 spiro atoms. The van der Waals surface area contributed by atoms with Gasteiger partial charge in [0.1, 0.15) is 5.82 Å². The molecule has 0 atom stereocenters. The van der Waals surface area contributed by atoms with Crippen LogP contribution in [0.15, 0.2) is 30.5 Å². The summed E-state index contributed by atoms with van der Waals surface area (Å²) < 4.78 is 19.4. The predicted octanol–water partition coefficient (Wildman–Crippen LogP) is 1.93. The van der Waals surface area contributed by atoms with Crippen molar-refractivity contribution < 1.29 is 18.7 Å². The Balaban J connectivity index is 1.97. The van der Waals surface area contributed by atoms with Gasteiger partial charge in [0.05, 0.1) is 12.0 Å². The van der Waals surface area contributed by atoms with Crippen molar-refractivity contribution in [2.75, 3.05) is 11.9 Å². The molecule has 0 bridgehead atoms. The standard InChI is InChI=1S/C16H14FN5O3/c1-3-25-15(24)12-11-8-22(2)21-13(11)19-16(18-12)20-14(23)9-4-6-10(17)7-5-9/h4-8H,3H2,1-2H3,(H,19,20,21,23). The molecule has 2 heterocycles. The summed E-state index contributed by atoms with van der Waals surface area (Å²) in [5, 5.41) is 7.02. The Bertz CT molecular complexity index is 952. The maximum Gasteiger partial charge on any atom is 0.357 e. The zero-order valence-corrected chi connectivity index (χ0v) is 13.5. The second-order valence-corrected chi connectivity index (χ2v) is 5.12. The quantitative estimate of drug-likeness (QED) is 0.727. The van der Waals surface area contributed by atoms with Crippen LogP contribution in [0.4, 0.5) is 10.3 Å². The van der Waals surface area contributed by atoms with Crippen molar-refractivity contribution >= 4 is 28.9 Å². The average Bonchev–Trinajstić information content (AvgIpc) is 2.95. The normalized spacial score (nSPS) is 10.7. The molecule has 128 valence electrons. The lowest BCUT2D eigenvalue weighted by atomic mass is 10.2. The van der Waals surface area contributed by atoms with Crippen LogP contribution in [0, 0.1) is 5.82 Å². The molecule has 1 aromatic carbocycles. The topological polar surface area (TPSA) is 99.0 Å². The van der Waals surface area contributed by atoms with Gasteiger partial charge >= 0.3 is 5.97 Å². The maximum atomic E-state index is 12.9. The van der Waals surface area contributed by atoms with Gasteiger partial charge in [-0.1, -0.05) is 0 Å². The summed E-state index contributed by atoms with van der Waals surface area (Å²) in [6.45, 7) is 1.86. The molecule has 2 aromatic heterocycles. The summed E-state index contributed by atoms with van der Waals surface area (Å²) >= 11 is 0. The second kappa shape index (κ2) is 6.63. The number of carbonyl (C=O) groups is 2. The zero-order chi connectivity index (χ0) is 18.0. The van der Waals surface area contributed by atoms with Gasteiger partial charge in [-0.2, -0.15) is 10.1 Å². The lowest BCUT2D eigenvalue weighted by molar-refractivity contribution is 0.0521. The Morgan fingerprint density at radius 3 is 2.64 bits per heavy atom. The summed E-state index contributed by atoms with van der Waals surface area (Å²) in [5.41, 5.74) is 0.480. The van der Waals surface area contributed by atoms with Gasteiger partial charge in [-0.05, 0) is 31.2 Å². The molecule has 3 rings (SSSR count). The predicted molar refractivity (Wildman–Crippen MR) is 86.6 cm³/mol. The molecule has 0 fully saturated rings. The number of nitrogens with one attached hydrogen (secondary N) is 1. The molecule has 1 amide bonds. The van der Waals surface area contributed by atoms with E-state index in [9.17, 15) is 14.0 Å². The molecule has 0 unspecified atom stereocenters. The van der Waals surface area contributed by atoms with E-state index in [1.165, 1.54) is 28.9 Å². The zero-order valence-electron chi connectivity index (χ0n) is 13.5. The minimum Gasteiger partial charge on any atom is -0.461 e. The number of fused-ring (bicyclic) bond motifs is 1. The van der Waals surface area contributed by atoms with E-state index in [4.69, 9.17) is 4.74 Å². The number of carbonyl (C=O) groups excluding carboxylic acids is 2. The maximum absolute atomic E-state index is 12.9. The molecule has 9 heteroatoms. The number of aromatic nitrogens is 4. The second-order valence-electron chi connectivity index (χ2n) is 5.12. The number of halogens is 1. The lowest BCUT2D eigenvalue weighted by Crippen LogP contribution is -2.16. The monoisotopic (exact) mass is 343 g/mol. The average molecular weight is 343 g/mol. The smallest absolute Gasteiger partial charge is 0.357 e. The SMILES string of the molecule is CCOC(=O)c1nc(NC(=O)c2ccc(F)cc2)nc2nn(C)cc12. The van der Waals surface area contributed by atoms with Crippen LogP contribution in [0.5, 0.6) is 0 Å². The van der Waals surface area contributed by atoms with E-state index in [0.29, 0.717) is 5.39 Å². The number of aryl methyl sites for hydroxylation is 1. The van der Waals surface area contributed by atoms with Crippen LogP contribution in [0.25, 0.3) is 11.0 Å². The van der Waals surface area contributed by atoms with E-state index in [1.54, 1.807) is 20.2 Å². The summed E-state index contributed by atoms with van der Waals surface area (Å²) in [5.74, 6) is -1.72. The van der Waals surface area contributed by atoms with Crippen LogP contribution < -0.4 is 5.32 Å². The molecular formula is C16H14FN5O3. The highest BCUT2D eigenvalue weighted by molar-refractivity contribution is 6.05. The molecule has 0 aliphatic carbocycles. The first-order valence-electron chi connectivity index (χ1n) is 7.43. The minimum absolute atomic E-state index is 0.00866. The Labute approximate surface area is 141 Å². The van der Waals surface area contributed by atoms with E-state index >= 15 is 0 Å². The van der Waals surface area contributed by atoms with Gasteiger partial charge in [0.15, 0.2) is 11.3 Å². The Hall–Kier alpha value is -3.36. The first-order chi connectivity index (χ1) is 12.0. The first-order valence-corrected chi connectivity index (χ1v) is 7.43. The van der Waals surface area contributed by atoms with E-state index in [0.717, 1.165) is 0 Å². The third-order valence-electron chi connectivity index (χ3n) is 3.29. The molecule has 0 saturated heterocycles. The molecule has 0 aliphatic rings. The summed E-state index contributed by atoms with van der Waals surface area (Å²) in [4.78, 5) is 32.5. The molecule has 1 N–H and O–H groups in total. The van der Waals surface area contributed by atoms with Crippen LogP contribution >= 0.6 is 0 Å². The van der Waals surface area contributed by atoms with Gasteiger partial charge in [0.25, 0.3) is 5.91 Å². The van der Waals surface area contributed by atoms with Crippen molar-refractivity contribution in [1.29, 1.82) is 0 Å². The first kappa shape index (κ1) is 16.5. The number of rotatable bonds is 4. The van der Waals surface area contributed by atoms with Gasteiger partial charge < -0.3 is 4.74 Å². The van der Waals surface area contributed by atoms with E-state index in [2.05, 4.69) is 20.4 Å². The number of esters is 1. The van der Waals surface area contributed by atoms with Crippen molar-refractivity contribution in [3.63, 3.8) is 0 Å². The van der Waals surface area contributed by atoms with E-state index in [-0.39, 0.29) is 29.5 Å². The van der Waals surface area contributed by atoms with E-state index in [1.807, 2.05) is 0 Å². The highest BCUT2D eigenvalue weighted by Crippen LogP contribution is 2.18. The van der Waals surface area contributed by atoms with Crippen LogP contribution in [0.1, 0.15) is 27.8 Å². The van der Waals surface area contributed by atoms with Crippen LogP contribution in [0.3, 0.4) is 0 Å². The number of hydrogen-bond donors (Lipinski definition) is 1. The Morgan fingerprint density at radius 2 is 1.96 bits per heavy atom. The third kappa shape index (κ3) is 3.44. The fourth-order valence-corrected chi connectivity index (χ4v) is 2.20. The number of hydrogen-bond acceptors (Lipinski definition) is 6. The van der Waals surface area contributed by atoms with Gasteiger partial charge in [0, 0.05) is 18.8 Å². The van der Waals surface area contributed by atoms with Crippen molar-refractivity contribution in [3.8, 4) is 0 Å². The van der Waals surface area contributed by atoms with E-state index < -0.39 is 17.7 Å². The number of benzene rings is 1. The van der Waals surface area contributed by atoms with Crippen molar-refractivity contribution in [2.45, 2.75) is 6.92 Å². The fraction of sp³-hybridized carbons (Fsp3) is 0.188. The van der Waals surface area contributed by atoms with Gasteiger partial charge in [-0.15, -0.1) is 0 Å². The fourth-order valence-electron chi connectivity index (χ4n) is 2.20. The molecule has 3 aromatic rings. The summed E-state index contributed by atoms with van der Waals surface area (Å²) in [7, 11) is 1.67. The third-order valence-corrected chi connectivity index (χ3v) is 3.29. The molecule has 8 nitrogen and oxygen atoms in total. The minimum atomic E-state index is -0.639. The number of nitrogens with zero attached hydrogens (tertiary/aromatic N) is 4.